The fourth-order valence-electron chi connectivity index (χ4n) is 2.75. The van der Waals surface area contributed by atoms with Crippen LogP contribution in [0.3, 0.4) is 0 Å². The minimum atomic E-state index is -0.221. The average Bonchev–Trinajstić information content (AvgIpc) is 2.76. The van der Waals surface area contributed by atoms with E-state index in [4.69, 9.17) is 0 Å². The summed E-state index contributed by atoms with van der Waals surface area (Å²) in [6, 6.07) is 15.2. The van der Waals surface area contributed by atoms with E-state index in [1.807, 2.05) is 49.5 Å². The summed E-state index contributed by atoms with van der Waals surface area (Å²) in [5, 5.41) is 2.93. The van der Waals surface area contributed by atoms with Gasteiger partial charge in [0.05, 0.1) is 0 Å². The highest BCUT2D eigenvalue weighted by Crippen LogP contribution is 2.20. The summed E-state index contributed by atoms with van der Waals surface area (Å²) in [7, 11) is 1.99. The van der Waals surface area contributed by atoms with Crippen molar-refractivity contribution in [2.24, 2.45) is 0 Å². The van der Waals surface area contributed by atoms with Gasteiger partial charge in [0.1, 0.15) is 11.5 Å². The molecule has 144 valence electrons. The number of hydrogen-bond acceptors (Lipinski definition) is 5. The molecule has 28 heavy (non-hydrogen) atoms. The maximum absolute atomic E-state index is 12.8. The van der Waals surface area contributed by atoms with Crippen LogP contribution in [0, 0.1) is 0 Å². The molecule has 0 aliphatic heterocycles. The Morgan fingerprint density at radius 1 is 1.07 bits per heavy atom. The molecule has 0 aliphatic carbocycles. The lowest BCUT2D eigenvalue weighted by Crippen LogP contribution is -2.26. The van der Waals surface area contributed by atoms with E-state index in [-0.39, 0.29) is 5.91 Å². The number of aromatic nitrogens is 3. The number of nitrogens with zero attached hydrogens (tertiary/aromatic N) is 4. The Morgan fingerprint density at radius 3 is 2.54 bits per heavy atom. The number of carbonyl (C=O) groups is 1. The minimum absolute atomic E-state index is 0.221. The van der Waals surface area contributed by atoms with E-state index >= 15 is 0 Å². The van der Waals surface area contributed by atoms with Gasteiger partial charge in [0.25, 0.3) is 5.91 Å². The van der Waals surface area contributed by atoms with Crippen molar-refractivity contribution in [1.82, 2.24) is 20.3 Å². The first-order valence-corrected chi connectivity index (χ1v) is 9.50. The fourth-order valence-corrected chi connectivity index (χ4v) is 2.75. The van der Waals surface area contributed by atoms with Gasteiger partial charge in [-0.15, -0.1) is 0 Å². The standard InChI is InChI=1S/C22H25N5O/c1-3-4-14-27(2)20-15-19(22(28)24-16-17-10-12-23-13-11-17)25-21(26-20)18-8-6-5-7-9-18/h5-13,15H,3-4,14,16H2,1-2H3,(H,24,28). The summed E-state index contributed by atoms with van der Waals surface area (Å²) in [4.78, 5) is 28.0. The SMILES string of the molecule is CCCCN(C)c1cc(C(=O)NCc2ccncc2)nc(-c2ccccc2)n1. The molecule has 0 unspecified atom stereocenters. The largest absolute Gasteiger partial charge is 0.360 e. The molecule has 0 atom stereocenters. The van der Waals surface area contributed by atoms with Crippen LogP contribution in [0.1, 0.15) is 35.8 Å². The van der Waals surface area contributed by atoms with E-state index in [1.54, 1.807) is 18.5 Å². The van der Waals surface area contributed by atoms with Crippen molar-refractivity contribution >= 4 is 11.7 Å². The summed E-state index contributed by atoms with van der Waals surface area (Å²) in [6.45, 7) is 3.45. The Bertz CT molecular complexity index is 899. The van der Waals surface area contributed by atoms with Crippen LogP contribution in [0.2, 0.25) is 0 Å². The van der Waals surface area contributed by atoms with Crippen LogP contribution in [0.5, 0.6) is 0 Å². The van der Waals surface area contributed by atoms with Crippen LogP contribution in [-0.4, -0.2) is 34.5 Å². The summed E-state index contributed by atoms with van der Waals surface area (Å²) >= 11 is 0. The van der Waals surface area contributed by atoms with Gasteiger partial charge in [0, 0.05) is 44.2 Å². The summed E-state index contributed by atoms with van der Waals surface area (Å²) in [5.74, 6) is 1.08. The Labute approximate surface area is 165 Å². The Balaban J connectivity index is 1.86. The number of rotatable bonds is 8. The van der Waals surface area contributed by atoms with Gasteiger partial charge in [-0.05, 0) is 24.1 Å². The molecule has 2 heterocycles. The molecule has 6 heteroatoms. The number of anilines is 1. The van der Waals surface area contributed by atoms with Crippen molar-refractivity contribution in [3.05, 3.63) is 72.2 Å². The predicted molar refractivity (Wildman–Crippen MR) is 111 cm³/mol. The zero-order valence-corrected chi connectivity index (χ0v) is 16.3. The Kier molecular flexibility index (Phi) is 6.68. The number of carbonyl (C=O) groups excluding carboxylic acids is 1. The van der Waals surface area contributed by atoms with Crippen molar-refractivity contribution in [2.45, 2.75) is 26.3 Å². The molecule has 1 amide bonds. The Morgan fingerprint density at radius 2 is 1.82 bits per heavy atom. The number of pyridine rings is 1. The molecule has 1 aromatic carbocycles. The van der Waals surface area contributed by atoms with Gasteiger partial charge in [0.15, 0.2) is 5.82 Å². The number of amides is 1. The smallest absolute Gasteiger partial charge is 0.270 e. The van der Waals surface area contributed by atoms with Gasteiger partial charge in [-0.3, -0.25) is 9.78 Å². The highest BCUT2D eigenvalue weighted by Gasteiger charge is 2.15. The van der Waals surface area contributed by atoms with Gasteiger partial charge in [-0.25, -0.2) is 9.97 Å². The van der Waals surface area contributed by atoms with E-state index in [0.717, 1.165) is 36.3 Å². The monoisotopic (exact) mass is 375 g/mol. The summed E-state index contributed by atoms with van der Waals surface area (Å²) in [6.07, 6.45) is 5.58. The zero-order chi connectivity index (χ0) is 19.8. The molecule has 3 rings (SSSR count). The summed E-state index contributed by atoms with van der Waals surface area (Å²) < 4.78 is 0. The van der Waals surface area contributed by atoms with Crippen molar-refractivity contribution in [2.75, 3.05) is 18.5 Å². The van der Waals surface area contributed by atoms with E-state index in [1.165, 1.54) is 0 Å². The first kappa shape index (κ1) is 19.5. The normalized spacial score (nSPS) is 10.5. The van der Waals surface area contributed by atoms with Crippen LogP contribution in [-0.2, 0) is 6.54 Å². The molecule has 2 aromatic heterocycles. The lowest BCUT2D eigenvalue weighted by atomic mass is 10.2. The van der Waals surface area contributed by atoms with E-state index < -0.39 is 0 Å². The highest BCUT2D eigenvalue weighted by atomic mass is 16.1. The molecular weight excluding hydrogens is 350 g/mol. The van der Waals surface area contributed by atoms with Gasteiger partial charge >= 0.3 is 0 Å². The van der Waals surface area contributed by atoms with Crippen LogP contribution < -0.4 is 10.2 Å². The number of hydrogen-bond donors (Lipinski definition) is 1. The second kappa shape index (κ2) is 9.60. The third-order valence-corrected chi connectivity index (χ3v) is 4.42. The molecule has 0 radical (unpaired) electrons. The minimum Gasteiger partial charge on any atom is -0.360 e. The lowest BCUT2D eigenvalue weighted by molar-refractivity contribution is 0.0946. The van der Waals surface area contributed by atoms with Gasteiger partial charge < -0.3 is 10.2 Å². The molecule has 0 saturated heterocycles. The van der Waals surface area contributed by atoms with Gasteiger partial charge in [-0.1, -0.05) is 43.7 Å². The van der Waals surface area contributed by atoms with E-state index in [2.05, 4.69) is 32.1 Å². The fraction of sp³-hybridized carbons (Fsp3) is 0.273. The van der Waals surface area contributed by atoms with Crippen molar-refractivity contribution in [1.29, 1.82) is 0 Å². The van der Waals surface area contributed by atoms with Crippen molar-refractivity contribution in [3.8, 4) is 11.4 Å². The molecule has 6 nitrogen and oxygen atoms in total. The maximum Gasteiger partial charge on any atom is 0.270 e. The molecule has 1 N–H and O–H groups in total. The third-order valence-electron chi connectivity index (χ3n) is 4.42. The van der Waals surface area contributed by atoms with Gasteiger partial charge in [0.2, 0.25) is 0 Å². The predicted octanol–water partition coefficient (Wildman–Crippen LogP) is 3.70. The third kappa shape index (κ3) is 5.13. The van der Waals surface area contributed by atoms with Gasteiger partial charge in [-0.2, -0.15) is 0 Å². The van der Waals surface area contributed by atoms with Crippen molar-refractivity contribution in [3.63, 3.8) is 0 Å². The number of benzene rings is 1. The first-order chi connectivity index (χ1) is 13.7. The Hall–Kier alpha value is -3.28. The molecule has 0 spiro atoms. The molecule has 0 aliphatic rings. The second-order valence-corrected chi connectivity index (χ2v) is 6.61. The number of unbranched alkanes of at least 4 members (excludes halogenated alkanes) is 1. The van der Waals surface area contributed by atoms with Crippen molar-refractivity contribution < 1.29 is 4.79 Å². The van der Waals surface area contributed by atoms with Crippen LogP contribution >= 0.6 is 0 Å². The molecule has 3 aromatic rings. The molecular formula is C22H25N5O. The zero-order valence-electron chi connectivity index (χ0n) is 16.3. The topological polar surface area (TPSA) is 71.0 Å². The van der Waals surface area contributed by atoms with Crippen LogP contribution in [0.4, 0.5) is 5.82 Å². The lowest BCUT2D eigenvalue weighted by Gasteiger charge is -2.19. The van der Waals surface area contributed by atoms with Crippen LogP contribution in [0.15, 0.2) is 60.9 Å². The van der Waals surface area contributed by atoms with E-state index in [0.29, 0.717) is 18.1 Å². The number of nitrogens with one attached hydrogen (secondary N) is 1. The second-order valence-electron chi connectivity index (χ2n) is 6.61. The average molecular weight is 375 g/mol. The maximum atomic E-state index is 12.8. The van der Waals surface area contributed by atoms with Crippen LogP contribution in [0.25, 0.3) is 11.4 Å². The quantitative estimate of drug-likeness (QED) is 0.650. The highest BCUT2D eigenvalue weighted by molar-refractivity contribution is 5.93. The van der Waals surface area contributed by atoms with E-state index in [9.17, 15) is 4.79 Å². The summed E-state index contributed by atoms with van der Waals surface area (Å²) in [5.41, 5.74) is 2.23. The molecule has 0 saturated carbocycles. The molecule has 0 bridgehead atoms. The first-order valence-electron chi connectivity index (χ1n) is 9.50. The molecule has 0 fully saturated rings.